The molecular weight excluding hydrogens is 353 g/mol. The smallest absolute Gasteiger partial charge is 0.310 e. The maximum atomic E-state index is 13.2. The third-order valence-corrected chi connectivity index (χ3v) is 6.30. The van der Waals surface area contributed by atoms with Crippen molar-refractivity contribution >= 4 is 31.9 Å². The van der Waals surface area contributed by atoms with E-state index in [1.54, 1.807) is 0 Å². The van der Waals surface area contributed by atoms with E-state index in [0.717, 1.165) is 16.4 Å². The van der Waals surface area contributed by atoms with Crippen LogP contribution < -0.4 is 0 Å². The summed E-state index contributed by atoms with van der Waals surface area (Å²) in [6.45, 7) is 1.49. The minimum Gasteiger partial charge on any atom is -0.481 e. The Morgan fingerprint density at radius 3 is 2.70 bits per heavy atom. The Hall–Kier alpha value is -0.990. The number of sulfonamides is 1. The number of benzene rings is 1. The Labute approximate surface area is 124 Å². The normalized spacial score (nSPS) is 23.9. The first-order valence-electron chi connectivity index (χ1n) is 5.85. The molecule has 1 aliphatic rings. The van der Waals surface area contributed by atoms with Crippen molar-refractivity contribution < 1.29 is 22.7 Å². The van der Waals surface area contributed by atoms with Crippen LogP contribution in [0.25, 0.3) is 0 Å². The summed E-state index contributed by atoms with van der Waals surface area (Å²) in [6, 6.07) is 3.39. The fourth-order valence-electron chi connectivity index (χ4n) is 2.11. The van der Waals surface area contributed by atoms with Gasteiger partial charge in [0.25, 0.3) is 0 Å². The van der Waals surface area contributed by atoms with Crippen molar-refractivity contribution in [2.24, 2.45) is 5.41 Å². The monoisotopic (exact) mass is 365 g/mol. The van der Waals surface area contributed by atoms with Gasteiger partial charge in [-0.15, -0.1) is 0 Å². The van der Waals surface area contributed by atoms with E-state index in [1.165, 1.54) is 13.0 Å². The molecule has 1 aromatic rings. The number of carboxylic acids is 1. The number of rotatable bonds is 3. The minimum atomic E-state index is -3.91. The average Bonchev–Trinajstić information content (AvgIpc) is 2.77. The molecule has 1 aromatic carbocycles. The van der Waals surface area contributed by atoms with E-state index in [2.05, 4.69) is 15.9 Å². The Morgan fingerprint density at radius 2 is 2.15 bits per heavy atom. The van der Waals surface area contributed by atoms with E-state index in [9.17, 15) is 17.6 Å². The second-order valence-electron chi connectivity index (χ2n) is 5.03. The van der Waals surface area contributed by atoms with Crippen molar-refractivity contribution in [1.29, 1.82) is 0 Å². The first-order chi connectivity index (χ1) is 9.17. The van der Waals surface area contributed by atoms with E-state index >= 15 is 0 Å². The summed E-state index contributed by atoms with van der Waals surface area (Å²) < 4.78 is 39.5. The zero-order chi connectivity index (χ0) is 15.1. The number of aliphatic carboxylic acids is 1. The SMILES string of the molecule is CC1(C(=O)O)CCN(S(=O)(=O)c2cc(F)ccc2Br)C1. The summed E-state index contributed by atoms with van der Waals surface area (Å²) in [5.74, 6) is -1.69. The van der Waals surface area contributed by atoms with Gasteiger partial charge >= 0.3 is 5.97 Å². The summed E-state index contributed by atoms with van der Waals surface area (Å²) in [6.07, 6.45) is 0.231. The van der Waals surface area contributed by atoms with Crippen molar-refractivity contribution in [3.8, 4) is 0 Å². The molecule has 0 aromatic heterocycles. The summed E-state index contributed by atoms with van der Waals surface area (Å²) in [4.78, 5) is 11.0. The third-order valence-electron chi connectivity index (χ3n) is 3.47. The van der Waals surface area contributed by atoms with Crippen molar-refractivity contribution in [2.75, 3.05) is 13.1 Å². The van der Waals surface area contributed by atoms with Crippen LogP contribution in [-0.2, 0) is 14.8 Å². The Kier molecular flexibility index (Phi) is 3.92. The predicted octanol–water partition coefficient (Wildman–Crippen LogP) is 2.07. The van der Waals surface area contributed by atoms with Gasteiger partial charge in [0.15, 0.2) is 0 Å². The maximum absolute atomic E-state index is 13.2. The summed E-state index contributed by atoms with van der Waals surface area (Å²) in [7, 11) is -3.91. The van der Waals surface area contributed by atoms with Crippen molar-refractivity contribution in [1.82, 2.24) is 4.31 Å². The van der Waals surface area contributed by atoms with Crippen LogP contribution in [0.2, 0.25) is 0 Å². The standard InChI is InChI=1S/C12H13BrFNO4S/c1-12(11(16)17)4-5-15(7-12)20(18,19)10-6-8(14)2-3-9(10)13/h2-3,6H,4-5,7H2,1H3,(H,16,17). The van der Waals surface area contributed by atoms with Gasteiger partial charge in [-0.25, -0.2) is 12.8 Å². The molecule has 1 heterocycles. The second kappa shape index (κ2) is 5.09. The zero-order valence-corrected chi connectivity index (χ0v) is 13.0. The first kappa shape index (κ1) is 15.4. The highest BCUT2D eigenvalue weighted by Gasteiger charge is 2.45. The lowest BCUT2D eigenvalue weighted by molar-refractivity contribution is -0.146. The fourth-order valence-corrected chi connectivity index (χ4v) is 4.61. The van der Waals surface area contributed by atoms with Gasteiger partial charge in [-0.3, -0.25) is 4.79 Å². The van der Waals surface area contributed by atoms with E-state index in [-0.39, 0.29) is 28.9 Å². The molecule has 0 radical (unpaired) electrons. The topological polar surface area (TPSA) is 74.7 Å². The molecule has 0 aliphatic carbocycles. The zero-order valence-electron chi connectivity index (χ0n) is 10.6. The summed E-state index contributed by atoms with van der Waals surface area (Å²) in [5.41, 5.74) is -1.10. The molecule has 8 heteroatoms. The van der Waals surface area contributed by atoms with E-state index < -0.39 is 27.2 Å². The van der Waals surface area contributed by atoms with Gasteiger partial charge in [0.1, 0.15) is 5.82 Å². The third kappa shape index (κ3) is 2.59. The molecule has 1 saturated heterocycles. The largest absolute Gasteiger partial charge is 0.481 e. The van der Waals surface area contributed by atoms with Gasteiger partial charge in [0.2, 0.25) is 10.0 Å². The van der Waals surface area contributed by atoms with Crippen LogP contribution in [0.15, 0.2) is 27.6 Å². The second-order valence-corrected chi connectivity index (χ2v) is 7.79. The average molecular weight is 366 g/mol. The lowest BCUT2D eigenvalue weighted by Gasteiger charge is -2.20. The Morgan fingerprint density at radius 1 is 1.50 bits per heavy atom. The van der Waals surface area contributed by atoms with Crippen LogP contribution in [0.1, 0.15) is 13.3 Å². The summed E-state index contributed by atoms with van der Waals surface area (Å²) >= 11 is 3.08. The maximum Gasteiger partial charge on any atom is 0.310 e. The van der Waals surface area contributed by atoms with Gasteiger partial charge < -0.3 is 5.11 Å². The van der Waals surface area contributed by atoms with E-state index in [1.807, 2.05) is 0 Å². The molecule has 2 rings (SSSR count). The van der Waals surface area contributed by atoms with E-state index in [0.29, 0.717) is 0 Å². The Bertz CT molecular complexity index is 663. The van der Waals surface area contributed by atoms with Gasteiger partial charge in [-0.2, -0.15) is 4.31 Å². The number of hydrogen-bond donors (Lipinski definition) is 1. The minimum absolute atomic E-state index is 0.105. The quantitative estimate of drug-likeness (QED) is 0.889. The molecule has 110 valence electrons. The van der Waals surface area contributed by atoms with Gasteiger partial charge in [0.05, 0.1) is 10.3 Å². The number of carbonyl (C=O) groups is 1. The van der Waals surface area contributed by atoms with Crippen molar-refractivity contribution in [2.45, 2.75) is 18.2 Å². The summed E-state index contributed by atoms with van der Waals surface area (Å²) in [5, 5.41) is 9.13. The first-order valence-corrected chi connectivity index (χ1v) is 8.09. The number of carboxylic acid groups (broad SMARTS) is 1. The Balaban J connectivity index is 2.38. The number of halogens is 2. The van der Waals surface area contributed by atoms with Crippen LogP contribution in [0.4, 0.5) is 4.39 Å². The predicted molar refractivity (Wildman–Crippen MR) is 73.2 cm³/mol. The molecule has 20 heavy (non-hydrogen) atoms. The fraction of sp³-hybridized carbons (Fsp3) is 0.417. The molecule has 1 unspecified atom stereocenters. The van der Waals surface area contributed by atoms with Gasteiger partial charge in [0, 0.05) is 17.6 Å². The molecule has 0 amide bonds. The molecule has 1 aliphatic heterocycles. The van der Waals surface area contributed by atoms with Crippen LogP contribution in [0.5, 0.6) is 0 Å². The van der Waals surface area contributed by atoms with Crippen molar-refractivity contribution in [3.63, 3.8) is 0 Å². The lowest BCUT2D eigenvalue weighted by atomic mass is 9.90. The molecule has 0 bridgehead atoms. The molecular formula is C12H13BrFNO4S. The molecule has 1 fully saturated rings. The van der Waals surface area contributed by atoms with Crippen LogP contribution in [-0.4, -0.2) is 36.9 Å². The number of nitrogens with zero attached hydrogens (tertiary/aromatic N) is 1. The molecule has 1 N–H and O–H groups in total. The highest BCUT2D eigenvalue weighted by molar-refractivity contribution is 9.10. The van der Waals surface area contributed by atoms with Crippen LogP contribution in [0, 0.1) is 11.2 Å². The highest BCUT2D eigenvalue weighted by atomic mass is 79.9. The molecule has 0 spiro atoms. The van der Waals surface area contributed by atoms with Crippen LogP contribution >= 0.6 is 15.9 Å². The number of hydrogen-bond acceptors (Lipinski definition) is 3. The van der Waals surface area contributed by atoms with Crippen LogP contribution in [0.3, 0.4) is 0 Å². The highest BCUT2D eigenvalue weighted by Crippen LogP contribution is 2.35. The van der Waals surface area contributed by atoms with Gasteiger partial charge in [-0.05, 0) is 47.5 Å². The van der Waals surface area contributed by atoms with E-state index in [4.69, 9.17) is 5.11 Å². The molecule has 1 atom stereocenters. The van der Waals surface area contributed by atoms with Gasteiger partial charge in [-0.1, -0.05) is 0 Å². The van der Waals surface area contributed by atoms with Crippen molar-refractivity contribution in [3.05, 3.63) is 28.5 Å². The molecule has 0 saturated carbocycles. The lowest BCUT2D eigenvalue weighted by Crippen LogP contribution is -2.35. The molecule has 5 nitrogen and oxygen atoms in total.